The van der Waals surface area contributed by atoms with Gasteiger partial charge in [-0.05, 0) is 25.7 Å². The first-order valence-corrected chi connectivity index (χ1v) is 10.1. The normalized spacial score (nSPS) is 14.2. The Kier molecular flexibility index (Phi) is 17.2. The number of hydrogen-bond donors (Lipinski definition) is 2. The van der Waals surface area contributed by atoms with E-state index in [4.69, 9.17) is 0 Å². The van der Waals surface area contributed by atoms with Gasteiger partial charge in [0.15, 0.2) is 0 Å². The summed E-state index contributed by atoms with van der Waals surface area (Å²) in [6.45, 7) is 4.31. The molecule has 0 aliphatic carbocycles. The second kappa shape index (κ2) is 17.3. The highest BCUT2D eigenvalue weighted by Gasteiger charge is 2.03. The molecule has 2 heteroatoms. The Morgan fingerprint density at radius 2 is 0.818 bits per heavy atom. The molecule has 0 aromatic rings. The maximum absolute atomic E-state index is 9.76. The Labute approximate surface area is 139 Å². The Bertz CT molecular complexity index is 206. The van der Waals surface area contributed by atoms with Crippen molar-refractivity contribution in [3.63, 3.8) is 0 Å². The molecule has 0 fully saturated rings. The summed E-state index contributed by atoms with van der Waals surface area (Å²) in [7, 11) is 0. The fourth-order valence-electron chi connectivity index (χ4n) is 3.06. The molecule has 134 valence electrons. The van der Waals surface area contributed by atoms with E-state index in [0.29, 0.717) is 0 Å². The third-order valence-corrected chi connectivity index (χ3v) is 4.59. The van der Waals surface area contributed by atoms with Crippen LogP contribution in [0.5, 0.6) is 0 Å². The molecule has 0 saturated heterocycles. The molecule has 2 atom stereocenters. The predicted molar refractivity (Wildman–Crippen MR) is 97.2 cm³/mol. The molecule has 0 rings (SSSR count). The minimum Gasteiger partial charge on any atom is -0.393 e. The van der Waals surface area contributed by atoms with Crippen LogP contribution in [0.4, 0.5) is 0 Å². The van der Waals surface area contributed by atoms with Crippen molar-refractivity contribution < 1.29 is 10.2 Å². The predicted octanol–water partition coefficient (Wildman–Crippen LogP) is 5.99. The van der Waals surface area contributed by atoms with Crippen molar-refractivity contribution in [2.24, 2.45) is 0 Å². The van der Waals surface area contributed by atoms with E-state index in [1.54, 1.807) is 0 Å². The highest BCUT2D eigenvalue weighted by molar-refractivity contribution is 4.57. The highest BCUT2D eigenvalue weighted by atomic mass is 16.3. The topological polar surface area (TPSA) is 40.5 Å². The van der Waals surface area contributed by atoms with Gasteiger partial charge in [0, 0.05) is 0 Å². The second-order valence-corrected chi connectivity index (χ2v) is 7.00. The lowest BCUT2D eigenvalue weighted by atomic mass is 10.0. The molecule has 22 heavy (non-hydrogen) atoms. The SMILES string of the molecule is CCCCC(O)CCCCCCCCCCCC(O)CCC. The van der Waals surface area contributed by atoms with Crippen molar-refractivity contribution in [3.05, 3.63) is 0 Å². The molecule has 0 aliphatic heterocycles. The van der Waals surface area contributed by atoms with Gasteiger partial charge in [0.2, 0.25) is 0 Å². The maximum Gasteiger partial charge on any atom is 0.0540 e. The summed E-state index contributed by atoms with van der Waals surface area (Å²) in [6, 6.07) is 0. The fourth-order valence-corrected chi connectivity index (χ4v) is 3.06. The number of unbranched alkanes of at least 4 members (excludes halogenated alkanes) is 9. The fraction of sp³-hybridized carbons (Fsp3) is 1.00. The smallest absolute Gasteiger partial charge is 0.0540 e. The van der Waals surface area contributed by atoms with Crippen molar-refractivity contribution in [2.45, 2.75) is 129 Å². The summed E-state index contributed by atoms with van der Waals surface area (Å²) in [5.74, 6) is 0. The Morgan fingerprint density at radius 3 is 1.23 bits per heavy atom. The molecule has 0 bridgehead atoms. The number of rotatable bonds is 17. The zero-order valence-electron chi connectivity index (χ0n) is 15.4. The number of aliphatic hydroxyl groups is 2. The first kappa shape index (κ1) is 21.9. The van der Waals surface area contributed by atoms with Gasteiger partial charge >= 0.3 is 0 Å². The van der Waals surface area contributed by atoms with E-state index < -0.39 is 0 Å². The lowest BCUT2D eigenvalue weighted by Crippen LogP contribution is -2.05. The van der Waals surface area contributed by atoms with Crippen LogP contribution in [-0.4, -0.2) is 22.4 Å². The van der Waals surface area contributed by atoms with E-state index in [1.807, 2.05) is 0 Å². The van der Waals surface area contributed by atoms with Crippen molar-refractivity contribution in [3.8, 4) is 0 Å². The maximum atomic E-state index is 9.76. The lowest BCUT2D eigenvalue weighted by molar-refractivity contribution is 0.148. The van der Waals surface area contributed by atoms with Gasteiger partial charge in [0.05, 0.1) is 12.2 Å². The standard InChI is InChI=1S/C20H42O2/c1-3-5-16-20(22)18-14-12-10-8-6-7-9-11-13-17-19(21)15-4-2/h19-22H,3-18H2,1-2H3. The van der Waals surface area contributed by atoms with Crippen LogP contribution in [0.3, 0.4) is 0 Å². The van der Waals surface area contributed by atoms with Gasteiger partial charge in [-0.15, -0.1) is 0 Å². The van der Waals surface area contributed by atoms with Crippen LogP contribution in [0.25, 0.3) is 0 Å². The van der Waals surface area contributed by atoms with Crippen molar-refractivity contribution in [1.82, 2.24) is 0 Å². The largest absolute Gasteiger partial charge is 0.393 e. The Morgan fingerprint density at radius 1 is 0.455 bits per heavy atom. The van der Waals surface area contributed by atoms with Crippen LogP contribution in [0, 0.1) is 0 Å². The van der Waals surface area contributed by atoms with Gasteiger partial charge in [-0.3, -0.25) is 0 Å². The van der Waals surface area contributed by atoms with E-state index >= 15 is 0 Å². The minimum atomic E-state index is -0.0577. The molecule has 2 unspecified atom stereocenters. The molecule has 0 aliphatic rings. The van der Waals surface area contributed by atoms with Crippen molar-refractivity contribution in [1.29, 1.82) is 0 Å². The first-order valence-electron chi connectivity index (χ1n) is 10.1. The summed E-state index contributed by atoms with van der Waals surface area (Å²) < 4.78 is 0. The summed E-state index contributed by atoms with van der Waals surface area (Å²) >= 11 is 0. The summed E-state index contributed by atoms with van der Waals surface area (Å²) in [5.41, 5.74) is 0. The second-order valence-electron chi connectivity index (χ2n) is 7.00. The van der Waals surface area contributed by atoms with Gasteiger partial charge in [0.25, 0.3) is 0 Å². The molecule has 0 aromatic carbocycles. The molecule has 0 spiro atoms. The van der Waals surface area contributed by atoms with Gasteiger partial charge in [-0.2, -0.15) is 0 Å². The quantitative estimate of drug-likeness (QED) is 0.324. The average molecular weight is 315 g/mol. The summed E-state index contributed by atoms with van der Waals surface area (Å²) in [5, 5.41) is 19.4. The van der Waals surface area contributed by atoms with Crippen molar-refractivity contribution in [2.75, 3.05) is 0 Å². The molecular formula is C20H42O2. The van der Waals surface area contributed by atoms with Crippen LogP contribution in [0.15, 0.2) is 0 Å². The Balaban J connectivity index is 3.11. The van der Waals surface area contributed by atoms with Gasteiger partial charge in [-0.25, -0.2) is 0 Å². The molecular weight excluding hydrogens is 272 g/mol. The van der Waals surface area contributed by atoms with Crippen LogP contribution >= 0.6 is 0 Å². The minimum absolute atomic E-state index is 0.0528. The lowest BCUT2D eigenvalue weighted by Gasteiger charge is -2.09. The third-order valence-electron chi connectivity index (χ3n) is 4.59. The van der Waals surface area contributed by atoms with Gasteiger partial charge in [0.1, 0.15) is 0 Å². The number of hydrogen-bond acceptors (Lipinski definition) is 2. The molecule has 0 aromatic heterocycles. The van der Waals surface area contributed by atoms with Crippen molar-refractivity contribution >= 4 is 0 Å². The average Bonchev–Trinajstić information content (AvgIpc) is 2.50. The molecule has 2 nitrogen and oxygen atoms in total. The zero-order chi connectivity index (χ0) is 16.5. The highest BCUT2D eigenvalue weighted by Crippen LogP contribution is 2.14. The molecule has 0 radical (unpaired) electrons. The first-order chi connectivity index (χ1) is 10.7. The van der Waals surface area contributed by atoms with E-state index in [2.05, 4.69) is 13.8 Å². The Hall–Kier alpha value is -0.0800. The van der Waals surface area contributed by atoms with Crippen LogP contribution < -0.4 is 0 Å². The zero-order valence-corrected chi connectivity index (χ0v) is 15.4. The summed E-state index contributed by atoms with van der Waals surface area (Å²) in [4.78, 5) is 0. The molecule has 0 amide bonds. The van der Waals surface area contributed by atoms with Gasteiger partial charge in [-0.1, -0.05) is 90.9 Å². The summed E-state index contributed by atoms with van der Waals surface area (Å²) in [6.07, 6.45) is 19.0. The van der Waals surface area contributed by atoms with E-state index in [0.717, 1.165) is 38.5 Å². The third kappa shape index (κ3) is 16.3. The van der Waals surface area contributed by atoms with E-state index in [-0.39, 0.29) is 12.2 Å². The van der Waals surface area contributed by atoms with Crippen LogP contribution in [-0.2, 0) is 0 Å². The molecule has 0 heterocycles. The monoisotopic (exact) mass is 314 g/mol. The van der Waals surface area contributed by atoms with Crippen LogP contribution in [0.2, 0.25) is 0 Å². The van der Waals surface area contributed by atoms with E-state index in [9.17, 15) is 10.2 Å². The molecule has 2 N–H and O–H groups in total. The van der Waals surface area contributed by atoms with E-state index in [1.165, 1.54) is 64.2 Å². The number of aliphatic hydroxyl groups excluding tert-OH is 2. The van der Waals surface area contributed by atoms with Crippen LogP contribution in [0.1, 0.15) is 117 Å². The molecule has 0 saturated carbocycles. The van der Waals surface area contributed by atoms with Gasteiger partial charge < -0.3 is 10.2 Å².